The number of benzene rings is 2. The normalized spacial score (nSPS) is 12.3. The fourth-order valence-electron chi connectivity index (χ4n) is 3.06. The molecule has 0 bridgehead atoms. The summed E-state index contributed by atoms with van der Waals surface area (Å²) < 4.78 is 22.1. The van der Waals surface area contributed by atoms with Gasteiger partial charge in [-0.2, -0.15) is 5.26 Å². The zero-order chi connectivity index (χ0) is 21.3. The van der Waals surface area contributed by atoms with Gasteiger partial charge in [0.25, 0.3) is 5.91 Å². The highest BCUT2D eigenvalue weighted by molar-refractivity contribution is 6.04. The predicted molar refractivity (Wildman–Crippen MR) is 113 cm³/mol. The van der Waals surface area contributed by atoms with Crippen molar-refractivity contribution in [3.63, 3.8) is 0 Å². The molecule has 0 saturated carbocycles. The molecule has 0 atom stereocenters. The third-order valence-corrected chi connectivity index (χ3v) is 4.44. The smallest absolute Gasteiger partial charge is 0.251 e. The van der Waals surface area contributed by atoms with Crippen molar-refractivity contribution in [2.75, 3.05) is 38.4 Å². The summed E-state index contributed by atoms with van der Waals surface area (Å²) in [6.07, 6.45) is 3.39. The van der Waals surface area contributed by atoms with Crippen LogP contribution in [0.3, 0.4) is 0 Å². The highest BCUT2D eigenvalue weighted by atomic mass is 16.6. The lowest BCUT2D eigenvalue weighted by Crippen LogP contribution is -2.30. The molecular formula is C23H24N2O5. The van der Waals surface area contributed by atoms with E-state index < -0.39 is 0 Å². The molecule has 1 heterocycles. The summed E-state index contributed by atoms with van der Waals surface area (Å²) in [4.78, 5) is 14.4. The first-order chi connectivity index (χ1) is 14.7. The van der Waals surface area contributed by atoms with Crippen molar-refractivity contribution < 1.29 is 23.7 Å². The molecule has 0 N–H and O–H groups in total. The van der Waals surface area contributed by atoms with Crippen molar-refractivity contribution in [3.05, 3.63) is 48.0 Å². The summed E-state index contributed by atoms with van der Waals surface area (Å²) in [7, 11) is 1.56. The van der Waals surface area contributed by atoms with Crippen molar-refractivity contribution >= 4 is 17.7 Å². The number of nitriles is 1. The fraction of sp³-hybridized carbons (Fsp3) is 0.304. The molecule has 2 aromatic rings. The van der Waals surface area contributed by atoms with Gasteiger partial charge in [0.1, 0.15) is 19.0 Å². The number of hydrogen-bond acceptors (Lipinski definition) is 6. The van der Waals surface area contributed by atoms with Crippen LogP contribution in [0.25, 0.3) is 6.08 Å². The molecule has 30 heavy (non-hydrogen) atoms. The SMILES string of the molecule is CCOc1ccc(N(CCC#N)C(=O)/C=C/c2cc(OC)c3c(c2)OCCO3)cc1. The van der Waals surface area contributed by atoms with Crippen LogP contribution in [0.15, 0.2) is 42.5 Å². The number of fused-ring (bicyclic) bond motifs is 1. The molecule has 0 spiro atoms. The summed E-state index contributed by atoms with van der Waals surface area (Å²) in [6, 6.07) is 12.9. The maximum absolute atomic E-state index is 12.9. The van der Waals surface area contributed by atoms with E-state index in [-0.39, 0.29) is 18.9 Å². The Hall–Kier alpha value is -3.66. The van der Waals surface area contributed by atoms with Crippen LogP contribution < -0.4 is 23.8 Å². The van der Waals surface area contributed by atoms with E-state index in [0.717, 1.165) is 11.3 Å². The molecule has 1 aliphatic rings. The minimum absolute atomic E-state index is 0.227. The van der Waals surface area contributed by atoms with E-state index in [1.807, 2.05) is 6.92 Å². The average molecular weight is 408 g/mol. The van der Waals surface area contributed by atoms with Crippen molar-refractivity contribution in [1.29, 1.82) is 5.26 Å². The second-order valence-corrected chi connectivity index (χ2v) is 6.41. The standard InChI is InChI=1S/C23H24N2O5/c1-3-28-19-8-6-18(7-9-19)25(12-4-11-24)22(26)10-5-17-15-20(27-2)23-21(16-17)29-13-14-30-23/h5-10,15-16H,3-4,12-14H2,1-2H3/b10-5+. The molecule has 7 nitrogen and oxygen atoms in total. The third kappa shape index (κ3) is 5.03. The van der Waals surface area contributed by atoms with Gasteiger partial charge in [-0.25, -0.2) is 0 Å². The minimum atomic E-state index is -0.233. The lowest BCUT2D eigenvalue weighted by molar-refractivity contribution is -0.114. The van der Waals surface area contributed by atoms with Gasteiger partial charge in [0, 0.05) is 18.3 Å². The third-order valence-electron chi connectivity index (χ3n) is 4.44. The first-order valence-corrected chi connectivity index (χ1v) is 9.73. The molecule has 0 aromatic heterocycles. The first kappa shape index (κ1) is 21.1. The zero-order valence-electron chi connectivity index (χ0n) is 17.1. The van der Waals surface area contributed by atoms with Crippen molar-refractivity contribution in [2.24, 2.45) is 0 Å². The minimum Gasteiger partial charge on any atom is -0.494 e. The molecule has 0 radical (unpaired) electrons. The van der Waals surface area contributed by atoms with Crippen molar-refractivity contribution in [1.82, 2.24) is 0 Å². The van der Waals surface area contributed by atoms with E-state index >= 15 is 0 Å². The second-order valence-electron chi connectivity index (χ2n) is 6.41. The van der Waals surface area contributed by atoms with E-state index in [2.05, 4.69) is 6.07 Å². The lowest BCUT2D eigenvalue weighted by Gasteiger charge is -2.21. The quantitative estimate of drug-likeness (QED) is 0.618. The maximum atomic E-state index is 12.9. The Labute approximate surface area is 176 Å². The first-order valence-electron chi connectivity index (χ1n) is 9.73. The topological polar surface area (TPSA) is 81.0 Å². The predicted octanol–water partition coefficient (Wildman–Crippen LogP) is 3.83. The highest BCUT2D eigenvalue weighted by Gasteiger charge is 2.18. The van der Waals surface area contributed by atoms with Crippen LogP contribution in [-0.2, 0) is 4.79 Å². The van der Waals surface area contributed by atoms with E-state index in [0.29, 0.717) is 42.8 Å². The molecule has 1 aliphatic heterocycles. The summed E-state index contributed by atoms with van der Waals surface area (Å²) in [6.45, 7) is 3.69. The van der Waals surface area contributed by atoms with Gasteiger partial charge in [-0.1, -0.05) is 0 Å². The van der Waals surface area contributed by atoms with Crippen LogP contribution in [0.2, 0.25) is 0 Å². The Bertz CT molecular complexity index is 930. The van der Waals surface area contributed by atoms with Gasteiger partial charge in [0.15, 0.2) is 11.5 Å². The van der Waals surface area contributed by atoms with Crippen LogP contribution in [0, 0.1) is 11.3 Å². The second kappa shape index (κ2) is 10.2. The van der Waals surface area contributed by atoms with Gasteiger partial charge in [-0.3, -0.25) is 4.79 Å². The molecule has 2 aromatic carbocycles. The van der Waals surface area contributed by atoms with Crippen LogP contribution in [0.5, 0.6) is 23.0 Å². The summed E-state index contributed by atoms with van der Waals surface area (Å²) in [5.41, 5.74) is 1.44. The molecule has 7 heteroatoms. The molecule has 1 amide bonds. The Morgan fingerprint density at radius 2 is 2.00 bits per heavy atom. The molecule has 156 valence electrons. The average Bonchev–Trinajstić information content (AvgIpc) is 2.78. The van der Waals surface area contributed by atoms with Crippen LogP contribution in [0.1, 0.15) is 18.9 Å². The summed E-state index contributed by atoms with van der Waals surface area (Å²) >= 11 is 0. The monoisotopic (exact) mass is 408 g/mol. The molecular weight excluding hydrogens is 384 g/mol. The maximum Gasteiger partial charge on any atom is 0.251 e. The number of nitrogens with zero attached hydrogens (tertiary/aromatic N) is 2. The molecule has 0 aliphatic carbocycles. The fourth-order valence-corrected chi connectivity index (χ4v) is 3.06. The van der Waals surface area contributed by atoms with E-state index in [4.69, 9.17) is 24.2 Å². The zero-order valence-corrected chi connectivity index (χ0v) is 17.1. The Morgan fingerprint density at radius 1 is 1.23 bits per heavy atom. The van der Waals surface area contributed by atoms with Crippen LogP contribution >= 0.6 is 0 Å². The number of amides is 1. The Balaban J connectivity index is 1.81. The Morgan fingerprint density at radius 3 is 2.70 bits per heavy atom. The summed E-state index contributed by atoms with van der Waals surface area (Å²) in [5, 5.41) is 8.97. The molecule has 3 rings (SSSR count). The number of ether oxygens (including phenoxy) is 4. The highest BCUT2D eigenvalue weighted by Crippen LogP contribution is 2.40. The molecule has 0 fully saturated rings. The number of hydrogen-bond donors (Lipinski definition) is 0. The van der Waals surface area contributed by atoms with Gasteiger partial charge in [-0.15, -0.1) is 0 Å². The van der Waals surface area contributed by atoms with E-state index in [1.54, 1.807) is 54.5 Å². The van der Waals surface area contributed by atoms with Crippen LogP contribution in [-0.4, -0.2) is 39.4 Å². The van der Waals surface area contributed by atoms with Crippen molar-refractivity contribution in [3.8, 4) is 29.1 Å². The van der Waals surface area contributed by atoms with Gasteiger partial charge >= 0.3 is 0 Å². The van der Waals surface area contributed by atoms with Gasteiger partial charge < -0.3 is 23.8 Å². The van der Waals surface area contributed by atoms with Gasteiger partial charge in [-0.05, 0) is 55.0 Å². The molecule has 0 unspecified atom stereocenters. The number of rotatable bonds is 8. The largest absolute Gasteiger partial charge is 0.494 e. The number of methoxy groups -OCH3 is 1. The number of anilines is 1. The number of carbonyl (C=O) groups excluding carboxylic acids is 1. The van der Waals surface area contributed by atoms with Crippen LogP contribution in [0.4, 0.5) is 5.69 Å². The number of carbonyl (C=O) groups is 1. The molecule has 0 saturated heterocycles. The van der Waals surface area contributed by atoms with Gasteiger partial charge in [0.05, 0.1) is 26.2 Å². The Kier molecular flexibility index (Phi) is 7.17. The summed E-state index contributed by atoms with van der Waals surface area (Å²) in [5.74, 6) is 2.20. The van der Waals surface area contributed by atoms with E-state index in [9.17, 15) is 4.79 Å². The van der Waals surface area contributed by atoms with E-state index in [1.165, 1.54) is 6.08 Å². The lowest BCUT2D eigenvalue weighted by atomic mass is 10.1. The van der Waals surface area contributed by atoms with Crippen molar-refractivity contribution in [2.45, 2.75) is 13.3 Å². The van der Waals surface area contributed by atoms with Gasteiger partial charge in [0.2, 0.25) is 5.75 Å².